The molecule has 0 aliphatic heterocycles. The monoisotopic (exact) mass is 269 g/mol. The summed E-state index contributed by atoms with van der Waals surface area (Å²) in [6.45, 7) is 0.125. The van der Waals surface area contributed by atoms with Gasteiger partial charge in [0.1, 0.15) is 12.6 Å². The second-order valence-electron chi connectivity index (χ2n) is 3.66. The molecule has 0 saturated carbocycles. The molecule has 1 aromatic rings. The number of rotatable bonds is 6. The molecule has 0 bridgehead atoms. The molecule has 0 spiro atoms. The van der Waals surface area contributed by atoms with Crippen molar-refractivity contribution in [2.45, 2.75) is 24.0 Å². The molecule has 0 radical (unpaired) electrons. The van der Waals surface area contributed by atoms with Crippen molar-refractivity contribution in [3.8, 4) is 0 Å². The second kappa shape index (κ2) is 7.03. The summed E-state index contributed by atoms with van der Waals surface area (Å²) in [5.41, 5.74) is 6.07. The Morgan fingerprint density at radius 1 is 1.39 bits per heavy atom. The van der Waals surface area contributed by atoms with Gasteiger partial charge in [-0.2, -0.15) is 0 Å². The smallest absolute Gasteiger partial charge is 0.321 e. The van der Waals surface area contributed by atoms with Gasteiger partial charge in [0.05, 0.1) is 6.42 Å². The number of hydrogen-bond donors (Lipinski definition) is 2. The summed E-state index contributed by atoms with van der Waals surface area (Å²) in [6, 6.07) is 6.36. The molecule has 18 heavy (non-hydrogen) atoms. The molecule has 0 aliphatic rings. The van der Waals surface area contributed by atoms with E-state index in [1.807, 2.05) is 30.5 Å². The zero-order valence-corrected chi connectivity index (χ0v) is 10.8. The lowest BCUT2D eigenvalue weighted by Crippen LogP contribution is -2.33. The molecule has 0 saturated heterocycles. The van der Waals surface area contributed by atoms with E-state index < -0.39 is 18.0 Å². The number of nitrogens with two attached hydrogens (primary N) is 1. The van der Waals surface area contributed by atoms with Crippen molar-refractivity contribution in [1.82, 2.24) is 0 Å². The van der Waals surface area contributed by atoms with E-state index in [0.29, 0.717) is 0 Å². The van der Waals surface area contributed by atoms with E-state index in [0.717, 1.165) is 10.5 Å². The Morgan fingerprint density at radius 2 is 2.00 bits per heavy atom. The molecule has 98 valence electrons. The van der Waals surface area contributed by atoms with E-state index in [1.165, 1.54) is 0 Å². The highest BCUT2D eigenvalue weighted by molar-refractivity contribution is 7.98. The number of hydrogen-bond acceptors (Lipinski definition) is 5. The van der Waals surface area contributed by atoms with Crippen LogP contribution in [0.1, 0.15) is 12.0 Å². The molecule has 0 aliphatic carbocycles. The Morgan fingerprint density at radius 3 is 2.50 bits per heavy atom. The van der Waals surface area contributed by atoms with Crippen molar-refractivity contribution in [2.75, 3.05) is 6.26 Å². The van der Waals surface area contributed by atoms with Crippen molar-refractivity contribution < 1.29 is 19.4 Å². The minimum Gasteiger partial charge on any atom is -0.480 e. The average Bonchev–Trinajstić information content (AvgIpc) is 2.36. The Balaban J connectivity index is 2.40. The van der Waals surface area contributed by atoms with Gasteiger partial charge in [-0.15, -0.1) is 11.8 Å². The highest BCUT2D eigenvalue weighted by Gasteiger charge is 2.17. The van der Waals surface area contributed by atoms with E-state index >= 15 is 0 Å². The largest absolute Gasteiger partial charge is 0.480 e. The summed E-state index contributed by atoms with van der Waals surface area (Å²) in [5, 5.41) is 8.54. The summed E-state index contributed by atoms with van der Waals surface area (Å²) < 4.78 is 4.93. The first-order valence-corrected chi connectivity index (χ1v) is 6.52. The van der Waals surface area contributed by atoms with Gasteiger partial charge in [0.2, 0.25) is 0 Å². The molecule has 5 nitrogen and oxygen atoms in total. The average molecular weight is 269 g/mol. The number of carbonyl (C=O) groups is 2. The molecule has 1 rings (SSSR count). The molecule has 6 heteroatoms. The van der Waals surface area contributed by atoms with Crippen LogP contribution in [0.25, 0.3) is 0 Å². The Bertz CT molecular complexity index is 419. The summed E-state index contributed by atoms with van der Waals surface area (Å²) in [6.07, 6.45) is 1.65. The number of ether oxygens (including phenoxy) is 1. The second-order valence-corrected chi connectivity index (χ2v) is 4.54. The molecule has 1 atom stereocenters. The number of carboxylic acids is 1. The van der Waals surface area contributed by atoms with Crippen LogP contribution >= 0.6 is 11.8 Å². The first kappa shape index (κ1) is 14.5. The van der Waals surface area contributed by atoms with Crippen LogP contribution in [0.2, 0.25) is 0 Å². The molecule has 0 unspecified atom stereocenters. The van der Waals surface area contributed by atoms with Crippen molar-refractivity contribution in [1.29, 1.82) is 0 Å². The van der Waals surface area contributed by atoms with E-state index in [-0.39, 0.29) is 13.0 Å². The first-order valence-electron chi connectivity index (χ1n) is 5.30. The fourth-order valence-electron chi connectivity index (χ4n) is 1.21. The minimum absolute atomic E-state index is 0.125. The van der Waals surface area contributed by atoms with Crippen LogP contribution in [0.15, 0.2) is 29.2 Å². The van der Waals surface area contributed by atoms with E-state index in [2.05, 4.69) is 0 Å². The number of benzene rings is 1. The predicted molar refractivity (Wildman–Crippen MR) is 68.2 cm³/mol. The molecule has 1 aromatic carbocycles. The van der Waals surface area contributed by atoms with Crippen LogP contribution in [0.5, 0.6) is 0 Å². The molecule has 0 aromatic heterocycles. The predicted octanol–water partition coefficient (Wildman–Crippen LogP) is 1.25. The third-order valence-corrected chi connectivity index (χ3v) is 3.01. The Kier molecular flexibility index (Phi) is 5.67. The fourth-order valence-corrected chi connectivity index (χ4v) is 1.62. The zero-order chi connectivity index (χ0) is 13.5. The summed E-state index contributed by atoms with van der Waals surface area (Å²) in [5.74, 6) is -1.82. The van der Waals surface area contributed by atoms with Gasteiger partial charge in [-0.3, -0.25) is 9.59 Å². The van der Waals surface area contributed by atoms with Gasteiger partial charge in [0.25, 0.3) is 0 Å². The van der Waals surface area contributed by atoms with Gasteiger partial charge in [-0.1, -0.05) is 12.1 Å². The number of carboxylic acid groups (broad SMARTS) is 1. The van der Waals surface area contributed by atoms with Gasteiger partial charge < -0.3 is 15.6 Å². The summed E-state index contributed by atoms with van der Waals surface area (Å²) in [7, 11) is 0. The van der Waals surface area contributed by atoms with E-state index in [1.54, 1.807) is 11.8 Å². The van der Waals surface area contributed by atoms with Gasteiger partial charge >= 0.3 is 11.9 Å². The lowest BCUT2D eigenvalue weighted by Gasteiger charge is -2.07. The molecular formula is C12H15NO4S. The van der Waals surface area contributed by atoms with Crippen LogP contribution in [-0.4, -0.2) is 29.3 Å². The van der Waals surface area contributed by atoms with Crippen LogP contribution in [0, 0.1) is 0 Å². The number of esters is 1. The minimum atomic E-state index is -1.21. The molecular weight excluding hydrogens is 254 g/mol. The standard InChI is InChI=1S/C12H15NO4S/c1-18-9-4-2-8(3-5-9)7-17-11(14)6-10(13)12(15)16/h2-5,10H,6-7,13H2,1H3,(H,15,16)/t10-/m0/s1. The molecule has 0 heterocycles. The Hall–Kier alpha value is -1.53. The third kappa shape index (κ3) is 4.77. The van der Waals surface area contributed by atoms with E-state index in [9.17, 15) is 9.59 Å². The normalized spacial score (nSPS) is 11.9. The highest BCUT2D eigenvalue weighted by Crippen LogP contribution is 2.15. The summed E-state index contributed by atoms with van der Waals surface area (Å²) >= 11 is 1.62. The Labute approximate surface area is 109 Å². The topological polar surface area (TPSA) is 89.6 Å². The summed E-state index contributed by atoms with van der Waals surface area (Å²) in [4.78, 5) is 22.9. The van der Waals surface area contributed by atoms with Crippen LogP contribution < -0.4 is 5.73 Å². The van der Waals surface area contributed by atoms with Crippen molar-refractivity contribution in [2.24, 2.45) is 5.73 Å². The number of thioether (sulfide) groups is 1. The number of aliphatic carboxylic acids is 1. The van der Waals surface area contributed by atoms with Crippen LogP contribution in [-0.2, 0) is 20.9 Å². The fraction of sp³-hybridized carbons (Fsp3) is 0.333. The molecule has 3 N–H and O–H groups in total. The lowest BCUT2D eigenvalue weighted by atomic mass is 10.2. The van der Waals surface area contributed by atoms with Gasteiger partial charge in [-0.05, 0) is 24.0 Å². The lowest BCUT2D eigenvalue weighted by molar-refractivity contribution is -0.149. The van der Waals surface area contributed by atoms with Gasteiger partial charge in [0, 0.05) is 4.90 Å². The first-order chi connectivity index (χ1) is 8.52. The SMILES string of the molecule is CSc1ccc(COC(=O)C[C@H](N)C(=O)O)cc1. The quantitative estimate of drug-likeness (QED) is 0.597. The maximum atomic E-state index is 11.3. The molecule has 0 fully saturated rings. The highest BCUT2D eigenvalue weighted by atomic mass is 32.2. The van der Waals surface area contributed by atoms with Gasteiger partial charge in [-0.25, -0.2) is 0 Å². The number of carbonyl (C=O) groups excluding carboxylic acids is 1. The van der Waals surface area contributed by atoms with Gasteiger partial charge in [0.15, 0.2) is 0 Å². The van der Waals surface area contributed by atoms with Crippen LogP contribution in [0.3, 0.4) is 0 Å². The van der Waals surface area contributed by atoms with Crippen molar-refractivity contribution in [3.63, 3.8) is 0 Å². The van der Waals surface area contributed by atoms with Crippen LogP contribution in [0.4, 0.5) is 0 Å². The maximum absolute atomic E-state index is 11.3. The maximum Gasteiger partial charge on any atom is 0.321 e. The third-order valence-electron chi connectivity index (χ3n) is 2.26. The van der Waals surface area contributed by atoms with Crippen molar-refractivity contribution >= 4 is 23.7 Å². The van der Waals surface area contributed by atoms with E-state index in [4.69, 9.17) is 15.6 Å². The van der Waals surface area contributed by atoms with Crippen molar-refractivity contribution in [3.05, 3.63) is 29.8 Å². The zero-order valence-electron chi connectivity index (χ0n) is 9.96. The molecule has 0 amide bonds.